The van der Waals surface area contributed by atoms with Gasteiger partial charge in [-0.2, -0.15) is 5.10 Å². The van der Waals surface area contributed by atoms with Crippen LogP contribution in [0.4, 0.5) is 5.69 Å². The van der Waals surface area contributed by atoms with E-state index in [1.165, 1.54) is 0 Å². The fraction of sp³-hybridized carbons (Fsp3) is 0.375. The van der Waals surface area contributed by atoms with Crippen LogP contribution in [0.1, 0.15) is 27.7 Å². The molecule has 21 heavy (non-hydrogen) atoms. The number of allylic oxidation sites excluding steroid dienone is 1. The monoisotopic (exact) mass is 304 g/mol. The fourth-order valence-electron chi connectivity index (χ4n) is 1.70. The summed E-state index contributed by atoms with van der Waals surface area (Å²) >= 11 is 4.31. The van der Waals surface area contributed by atoms with Gasteiger partial charge in [0.05, 0.1) is 22.9 Å². The van der Waals surface area contributed by atoms with Gasteiger partial charge in [0.25, 0.3) is 0 Å². The van der Waals surface area contributed by atoms with Gasteiger partial charge in [-0.15, -0.1) is 0 Å². The summed E-state index contributed by atoms with van der Waals surface area (Å²) in [6, 6.07) is 10.1. The smallest absolute Gasteiger partial charge is 0.0811 e. The number of nitrogens with two attached hydrogens (primary N) is 2. The van der Waals surface area contributed by atoms with E-state index in [9.17, 15) is 0 Å². The molecule has 0 saturated carbocycles. The molecule has 0 fully saturated rings. The maximum Gasteiger partial charge on any atom is 0.0811 e. The van der Waals surface area contributed by atoms with E-state index in [0.717, 1.165) is 17.1 Å². The van der Waals surface area contributed by atoms with Crippen molar-refractivity contribution in [3.05, 3.63) is 42.1 Å². The van der Waals surface area contributed by atoms with Crippen LogP contribution in [-0.2, 0) is 0 Å². The van der Waals surface area contributed by atoms with Gasteiger partial charge in [-0.1, -0.05) is 51.2 Å². The Balaban J connectivity index is 0.000000491. The molecule has 0 spiro atoms. The van der Waals surface area contributed by atoms with Gasteiger partial charge in [0.2, 0.25) is 0 Å². The summed E-state index contributed by atoms with van der Waals surface area (Å²) in [7, 11) is 0. The number of thiocarbonyl (C=S) groups is 1. The number of rotatable bonds is 1. The Morgan fingerprint density at radius 1 is 1.24 bits per heavy atom. The van der Waals surface area contributed by atoms with Crippen molar-refractivity contribution in [3.63, 3.8) is 0 Å². The van der Waals surface area contributed by atoms with Crippen molar-refractivity contribution in [1.82, 2.24) is 0 Å². The number of hydrazone groups is 1. The number of para-hydroxylation sites is 1. The molecule has 2 rings (SSSR count). The van der Waals surface area contributed by atoms with Crippen LogP contribution in [0.3, 0.4) is 0 Å². The van der Waals surface area contributed by atoms with Crippen LogP contribution in [0.2, 0.25) is 0 Å². The predicted molar refractivity (Wildman–Crippen MR) is 95.4 cm³/mol. The third-order valence-electron chi connectivity index (χ3n) is 2.71. The first-order chi connectivity index (χ1) is 9.70. The largest absolute Gasteiger partial charge is 0.400 e. The van der Waals surface area contributed by atoms with Gasteiger partial charge in [0, 0.05) is 11.1 Å². The second-order valence-electron chi connectivity index (χ2n) is 5.96. The Kier molecular flexibility index (Phi) is 5.90. The highest BCUT2D eigenvalue weighted by Crippen LogP contribution is 2.24. The Bertz CT molecular complexity index is 537. The van der Waals surface area contributed by atoms with Crippen LogP contribution >= 0.6 is 12.2 Å². The summed E-state index contributed by atoms with van der Waals surface area (Å²) in [5.74, 6) is 0. The van der Waals surface area contributed by atoms with Crippen LogP contribution in [0.25, 0.3) is 0 Å². The fourth-order valence-corrected chi connectivity index (χ4v) is 1.70. The minimum absolute atomic E-state index is 0.0120. The van der Waals surface area contributed by atoms with E-state index < -0.39 is 0 Å². The van der Waals surface area contributed by atoms with Crippen LogP contribution in [0, 0.1) is 5.41 Å². The van der Waals surface area contributed by atoms with Gasteiger partial charge in [0.15, 0.2) is 0 Å². The lowest BCUT2D eigenvalue weighted by Crippen LogP contribution is -2.33. The van der Waals surface area contributed by atoms with Crippen LogP contribution < -0.4 is 16.5 Å². The molecule has 0 bridgehead atoms. The van der Waals surface area contributed by atoms with Crippen molar-refractivity contribution in [2.45, 2.75) is 27.7 Å². The summed E-state index contributed by atoms with van der Waals surface area (Å²) in [5, 5.41) is 6.62. The lowest BCUT2D eigenvalue weighted by Gasteiger charge is -2.29. The zero-order valence-corrected chi connectivity index (χ0v) is 13.9. The average Bonchev–Trinajstić information content (AvgIpc) is 2.37. The van der Waals surface area contributed by atoms with Gasteiger partial charge in [0.1, 0.15) is 0 Å². The number of anilines is 1. The van der Waals surface area contributed by atoms with Crippen LogP contribution in [0.15, 0.2) is 47.2 Å². The van der Waals surface area contributed by atoms with E-state index in [1.54, 1.807) is 6.92 Å². The van der Waals surface area contributed by atoms with E-state index in [0.29, 0.717) is 11.5 Å². The molecule has 1 aromatic rings. The van der Waals surface area contributed by atoms with Crippen molar-refractivity contribution in [2.24, 2.45) is 22.0 Å². The summed E-state index contributed by atoms with van der Waals surface area (Å²) < 4.78 is 0. The minimum atomic E-state index is 0.0120. The quantitative estimate of drug-likeness (QED) is 0.783. The predicted octanol–water partition coefficient (Wildman–Crippen LogP) is 3.04. The van der Waals surface area contributed by atoms with Crippen LogP contribution in [-0.4, -0.2) is 17.2 Å². The van der Waals surface area contributed by atoms with E-state index in [-0.39, 0.29) is 5.41 Å². The topological polar surface area (TPSA) is 67.6 Å². The Morgan fingerprint density at radius 3 is 2.24 bits per heavy atom. The molecule has 1 aliphatic rings. The Morgan fingerprint density at radius 2 is 1.76 bits per heavy atom. The Labute approximate surface area is 132 Å². The van der Waals surface area contributed by atoms with E-state index >= 15 is 0 Å². The average molecular weight is 304 g/mol. The lowest BCUT2D eigenvalue weighted by atomic mass is 9.89. The molecule has 4 N–H and O–H groups in total. The van der Waals surface area contributed by atoms with Gasteiger partial charge in [-0.3, -0.25) is 5.01 Å². The first kappa shape index (κ1) is 17.2. The Hall–Kier alpha value is -1.88. The molecular weight excluding hydrogens is 280 g/mol. The van der Waals surface area contributed by atoms with Gasteiger partial charge in [-0.25, -0.2) is 0 Å². The van der Waals surface area contributed by atoms with Crippen molar-refractivity contribution >= 4 is 28.6 Å². The van der Waals surface area contributed by atoms with E-state index in [2.05, 4.69) is 38.1 Å². The molecule has 0 radical (unpaired) electrons. The molecule has 1 aromatic carbocycles. The number of hydrogen-bond donors (Lipinski definition) is 2. The van der Waals surface area contributed by atoms with Gasteiger partial charge in [-0.05, 0) is 25.1 Å². The normalized spacial score (nSPS) is 14.6. The molecular formula is C16H24N4S. The molecule has 0 atom stereocenters. The van der Waals surface area contributed by atoms with E-state index in [1.807, 2.05) is 41.4 Å². The molecule has 5 heteroatoms. The maximum absolute atomic E-state index is 5.99. The second-order valence-corrected chi connectivity index (χ2v) is 6.60. The summed E-state index contributed by atoms with van der Waals surface area (Å²) in [5.41, 5.74) is 13.8. The molecule has 0 aromatic heterocycles. The van der Waals surface area contributed by atoms with Crippen molar-refractivity contribution in [1.29, 1.82) is 0 Å². The molecule has 0 saturated heterocycles. The van der Waals surface area contributed by atoms with Crippen LogP contribution in [0.5, 0.6) is 0 Å². The highest BCUT2D eigenvalue weighted by atomic mass is 32.1. The zero-order valence-electron chi connectivity index (χ0n) is 13.1. The van der Waals surface area contributed by atoms with Crippen molar-refractivity contribution in [3.8, 4) is 0 Å². The molecule has 4 nitrogen and oxygen atoms in total. The number of benzene rings is 1. The highest BCUT2D eigenvalue weighted by molar-refractivity contribution is 7.80. The molecule has 0 aliphatic carbocycles. The third-order valence-corrected chi connectivity index (χ3v) is 2.71. The minimum Gasteiger partial charge on any atom is -0.400 e. The zero-order chi connectivity index (χ0) is 16.0. The van der Waals surface area contributed by atoms with E-state index in [4.69, 9.17) is 11.5 Å². The molecule has 1 heterocycles. The molecule has 114 valence electrons. The SMILES string of the molecule is CC(C)(C)C1=NN(c2ccccc2)CC(N)=C1.CC(N)=S. The first-order valence-corrected chi connectivity index (χ1v) is 7.24. The van der Waals surface area contributed by atoms with Crippen molar-refractivity contribution < 1.29 is 0 Å². The third kappa shape index (κ3) is 5.95. The summed E-state index contributed by atoms with van der Waals surface area (Å²) in [4.78, 5) is 0.500. The lowest BCUT2D eigenvalue weighted by molar-refractivity contribution is 0.586. The standard InChI is InChI=1S/C14H19N3.C2H5NS/c1-14(2,3)13-9-11(15)10-17(16-13)12-7-5-4-6-8-12;1-2(3)4/h4-9H,10,15H2,1-3H3;1H3,(H2,3,4). The summed E-state index contributed by atoms with van der Waals surface area (Å²) in [6.07, 6.45) is 1.99. The highest BCUT2D eigenvalue weighted by Gasteiger charge is 2.22. The molecule has 1 aliphatic heterocycles. The second kappa shape index (κ2) is 7.22. The molecule has 0 unspecified atom stereocenters. The van der Waals surface area contributed by atoms with Crippen molar-refractivity contribution in [2.75, 3.05) is 11.6 Å². The maximum atomic E-state index is 5.99. The van der Waals surface area contributed by atoms with Gasteiger partial charge >= 0.3 is 0 Å². The number of nitrogens with zero attached hydrogens (tertiary/aromatic N) is 2. The van der Waals surface area contributed by atoms with Gasteiger partial charge < -0.3 is 11.5 Å². The first-order valence-electron chi connectivity index (χ1n) is 6.84. The summed E-state index contributed by atoms with van der Waals surface area (Å²) in [6.45, 7) is 8.76. The number of hydrogen-bond acceptors (Lipinski definition) is 4. The molecule has 0 amide bonds.